The predicted octanol–water partition coefficient (Wildman–Crippen LogP) is 2.88. The van der Waals surface area contributed by atoms with Crippen molar-refractivity contribution in [3.05, 3.63) is 120 Å². The van der Waals surface area contributed by atoms with Crippen molar-refractivity contribution in [2.45, 2.75) is 12.6 Å². The van der Waals surface area contributed by atoms with Crippen LogP contribution in [-0.2, 0) is 14.4 Å². The first-order valence-corrected chi connectivity index (χ1v) is 13.5. The number of Topliss-reactive ketones (excluding diaryl/α,β-unsaturated/α-hetero) is 1. The van der Waals surface area contributed by atoms with Crippen LogP contribution in [0.3, 0.4) is 0 Å². The van der Waals surface area contributed by atoms with E-state index < -0.39 is 34.6 Å². The van der Waals surface area contributed by atoms with Gasteiger partial charge in [0.1, 0.15) is 22.9 Å². The summed E-state index contributed by atoms with van der Waals surface area (Å²) in [5, 5.41) is 25.3. The summed E-state index contributed by atoms with van der Waals surface area (Å²) in [7, 11) is 0. The minimum atomic E-state index is -2.43. The number of para-hydroxylation sites is 4. The number of nitrogens with two attached hydrogens (primary N) is 1. The quantitative estimate of drug-likeness (QED) is 0.156. The van der Waals surface area contributed by atoms with E-state index in [1.165, 1.54) is 34.9 Å². The highest BCUT2D eigenvalue weighted by atomic mass is 16.5. The molecule has 0 aliphatic carbocycles. The second-order valence-corrected chi connectivity index (χ2v) is 9.80. The van der Waals surface area contributed by atoms with Crippen LogP contribution >= 0.6 is 0 Å². The molecule has 2 heterocycles. The number of anilines is 2. The Morgan fingerprint density at radius 2 is 1.49 bits per heavy atom. The molecule has 4 aromatic rings. The summed E-state index contributed by atoms with van der Waals surface area (Å²) in [6, 6.07) is 28.7. The highest BCUT2D eigenvalue weighted by molar-refractivity contribution is 6.55. The lowest BCUT2D eigenvalue weighted by molar-refractivity contribution is -0.495. The molecular weight excluding hydrogens is 548 g/mol. The lowest BCUT2D eigenvalue weighted by Crippen LogP contribution is -2.59. The van der Waals surface area contributed by atoms with E-state index in [2.05, 4.69) is 0 Å². The van der Waals surface area contributed by atoms with Gasteiger partial charge in [-0.05, 0) is 61.0 Å². The molecule has 3 N–H and O–H groups in total. The fraction of sp³-hybridized carbons (Fsp3) is 0.0909. The number of ether oxygens (including phenoxy) is 1. The normalized spacial score (nSPS) is 19.5. The van der Waals surface area contributed by atoms with Gasteiger partial charge in [0.05, 0.1) is 17.9 Å². The van der Waals surface area contributed by atoms with Crippen molar-refractivity contribution in [3.63, 3.8) is 0 Å². The first-order chi connectivity index (χ1) is 20.8. The Hall–Kier alpha value is -5.90. The van der Waals surface area contributed by atoms with Gasteiger partial charge in [0.15, 0.2) is 0 Å². The maximum atomic E-state index is 15.0. The molecule has 4 aromatic carbocycles. The second-order valence-electron chi connectivity index (χ2n) is 9.80. The van der Waals surface area contributed by atoms with Crippen molar-refractivity contribution in [1.82, 2.24) is 0 Å². The number of hydrogen-bond donors (Lipinski definition) is 2. The van der Waals surface area contributed by atoms with E-state index in [4.69, 9.17) is 10.5 Å². The lowest BCUT2D eigenvalue weighted by atomic mass is 9.92. The maximum Gasteiger partial charge on any atom is 0.366 e. The van der Waals surface area contributed by atoms with Crippen molar-refractivity contribution in [3.8, 4) is 11.5 Å². The number of phenols is 1. The van der Waals surface area contributed by atoms with Gasteiger partial charge in [0, 0.05) is 0 Å². The number of nitrogens with zero attached hydrogens (tertiary/aromatic N) is 3. The summed E-state index contributed by atoms with van der Waals surface area (Å²) in [5.41, 5.74) is 4.28. The largest absolute Gasteiger partial charge is 0.872 e. The molecule has 1 fully saturated rings. The molecule has 43 heavy (non-hydrogen) atoms. The maximum absolute atomic E-state index is 15.0. The van der Waals surface area contributed by atoms with Gasteiger partial charge in [0.2, 0.25) is 0 Å². The number of carbonyl (C=O) groups excluding carboxylic acids is 3. The fourth-order valence-electron chi connectivity index (χ4n) is 5.60. The van der Waals surface area contributed by atoms with E-state index in [1.807, 2.05) is 6.92 Å². The van der Waals surface area contributed by atoms with E-state index in [-0.39, 0.29) is 23.0 Å². The van der Waals surface area contributed by atoms with Crippen molar-refractivity contribution in [1.29, 1.82) is 0 Å². The number of ketones is 1. The molecule has 214 valence electrons. The third-order valence-electron chi connectivity index (χ3n) is 7.39. The fourth-order valence-corrected chi connectivity index (χ4v) is 5.60. The number of carbonyl (C=O) groups is 3. The van der Waals surface area contributed by atoms with Crippen molar-refractivity contribution in [2.75, 3.05) is 16.4 Å². The molecule has 0 bridgehead atoms. The minimum Gasteiger partial charge on any atom is -0.872 e. The molecule has 2 aliphatic rings. The van der Waals surface area contributed by atoms with Gasteiger partial charge < -0.3 is 14.9 Å². The van der Waals surface area contributed by atoms with E-state index in [0.717, 1.165) is 9.80 Å². The molecular formula is C33H26N4O6. The van der Waals surface area contributed by atoms with E-state index >= 15 is 0 Å². The van der Waals surface area contributed by atoms with Crippen LogP contribution in [0, 0.1) is 0 Å². The number of aromatic hydroxyl groups is 1. The van der Waals surface area contributed by atoms with Gasteiger partial charge in [-0.25, -0.2) is 4.79 Å². The van der Waals surface area contributed by atoms with Gasteiger partial charge in [-0.2, -0.15) is 9.48 Å². The molecule has 6 rings (SSSR count). The van der Waals surface area contributed by atoms with Crippen LogP contribution in [-0.4, -0.2) is 45.5 Å². The third kappa shape index (κ3) is 4.03. The Balaban J connectivity index is 1.73. The molecule has 10 nitrogen and oxygen atoms in total. The summed E-state index contributed by atoms with van der Waals surface area (Å²) >= 11 is 0. The number of hydrogen-bond acceptors (Lipinski definition) is 7. The van der Waals surface area contributed by atoms with Crippen LogP contribution in [0.5, 0.6) is 11.5 Å². The van der Waals surface area contributed by atoms with E-state index in [0.29, 0.717) is 23.7 Å². The van der Waals surface area contributed by atoms with Crippen LogP contribution in [0.15, 0.2) is 115 Å². The number of amides is 2. The standard InChI is InChI=1S/C33H26N4O6/c1-2-43-24-19-17-21(18-20-24)28(39)27-29(40)30(41)37(25-15-9-10-16-26(25)38)33(27)31(42)35(22-11-5-3-6-12-22)32(34)36(33)23-13-7-4-8-14-23/h3-20,34H,2H2,1H3,(H2,38,39,40). The smallest absolute Gasteiger partial charge is 0.366 e. The molecule has 0 aromatic heterocycles. The zero-order chi connectivity index (χ0) is 30.3. The lowest BCUT2D eigenvalue weighted by Gasteiger charge is -2.35. The summed E-state index contributed by atoms with van der Waals surface area (Å²) in [5.74, 6) is -4.10. The Morgan fingerprint density at radius 1 is 0.884 bits per heavy atom. The minimum absolute atomic E-state index is 0.0515. The summed E-state index contributed by atoms with van der Waals surface area (Å²) in [6.07, 6.45) is 0. The van der Waals surface area contributed by atoms with Gasteiger partial charge >= 0.3 is 17.8 Å². The molecule has 0 saturated carbocycles. The summed E-state index contributed by atoms with van der Waals surface area (Å²) in [6.45, 7) is 2.22. The predicted molar refractivity (Wildman–Crippen MR) is 157 cm³/mol. The molecule has 0 radical (unpaired) electrons. The SMILES string of the molecule is CCOc1ccc(/C([O-])=C2\C(=O)C(=O)N(c3ccccc3O)C23C(=O)N(c2ccccc2)C(N)=[N+]3c2ccccc2)cc1. The Bertz CT molecular complexity index is 1820. The number of benzene rings is 4. The summed E-state index contributed by atoms with van der Waals surface area (Å²) < 4.78 is 6.80. The topological polar surface area (TPSA) is 139 Å². The van der Waals surface area contributed by atoms with Crippen LogP contribution < -0.4 is 25.4 Å². The van der Waals surface area contributed by atoms with Gasteiger partial charge in [0.25, 0.3) is 11.4 Å². The molecule has 1 saturated heterocycles. The number of phenolic OH excluding ortho intramolecular Hbond substituents is 1. The first kappa shape index (κ1) is 27.3. The van der Waals surface area contributed by atoms with Gasteiger partial charge in [-0.3, -0.25) is 20.2 Å². The second kappa shape index (κ2) is 10.5. The van der Waals surface area contributed by atoms with Crippen molar-refractivity contribution < 1.29 is 33.9 Å². The highest BCUT2D eigenvalue weighted by Gasteiger charge is 2.73. The zero-order valence-electron chi connectivity index (χ0n) is 23.0. The Kier molecular flexibility index (Phi) is 6.66. The monoisotopic (exact) mass is 574 g/mol. The number of guanidine groups is 1. The Labute approximate surface area is 246 Å². The Morgan fingerprint density at radius 3 is 2.12 bits per heavy atom. The molecule has 10 heteroatoms. The summed E-state index contributed by atoms with van der Waals surface area (Å²) in [4.78, 5) is 45.0. The third-order valence-corrected chi connectivity index (χ3v) is 7.39. The van der Waals surface area contributed by atoms with Crippen LogP contribution in [0.2, 0.25) is 0 Å². The molecule has 1 unspecified atom stereocenters. The van der Waals surface area contributed by atoms with E-state index in [9.17, 15) is 24.6 Å². The van der Waals surface area contributed by atoms with Crippen LogP contribution in [0.25, 0.3) is 5.76 Å². The van der Waals surface area contributed by atoms with E-state index in [1.54, 1.807) is 78.9 Å². The van der Waals surface area contributed by atoms with Gasteiger partial charge in [-0.15, -0.1) is 0 Å². The molecule has 2 aliphatic heterocycles. The molecule has 1 spiro atoms. The molecule has 1 atom stereocenters. The average Bonchev–Trinajstić information content (AvgIpc) is 3.39. The highest BCUT2D eigenvalue weighted by Crippen LogP contribution is 2.49. The van der Waals surface area contributed by atoms with Gasteiger partial charge in [-0.1, -0.05) is 66.4 Å². The zero-order valence-corrected chi connectivity index (χ0v) is 23.0. The number of rotatable bonds is 6. The first-order valence-electron chi connectivity index (χ1n) is 13.5. The van der Waals surface area contributed by atoms with Crippen molar-refractivity contribution in [2.24, 2.45) is 5.73 Å². The van der Waals surface area contributed by atoms with Crippen molar-refractivity contribution >= 4 is 46.4 Å². The van der Waals surface area contributed by atoms with Crippen LogP contribution in [0.4, 0.5) is 17.1 Å². The average molecular weight is 575 g/mol. The van der Waals surface area contributed by atoms with Crippen LogP contribution in [0.1, 0.15) is 12.5 Å². The molecule has 2 amide bonds.